The number of nitrogens with one attached hydrogen (secondary N) is 1. The molecule has 0 saturated heterocycles. The highest BCUT2D eigenvalue weighted by Crippen LogP contribution is 2.24. The van der Waals surface area contributed by atoms with Crippen LogP contribution in [-0.2, 0) is 9.59 Å². The number of hydrogen-bond donors (Lipinski definition) is 2. The topological polar surface area (TPSA) is 75.6 Å². The number of aliphatic carboxylic acids is 1. The number of carboxylic acid groups (broad SMARTS) is 1. The molecule has 116 valence electrons. The molecule has 21 heavy (non-hydrogen) atoms. The number of para-hydroxylation sites is 1. The Hall–Kier alpha value is -1.75. The molecule has 1 aromatic carbocycles. The van der Waals surface area contributed by atoms with E-state index >= 15 is 0 Å². The molecule has 0 saturated carbocycles. The number of amides is 1. The van der Waals surface area contributed by atoms with Gasteiger partial charge in [-0.05, 0) is 25.0 Å². The summed E-state index contributed by atoms with van der Waals surface area (Å²) in [5.41, 5.74) is 0. The molecule has 0 aliphatic carbocycles. The van der Waals surface area contributed by atoms with Crippen molar-refractivity contribution >= 4 is 23.5 Å². The normalized spacial score (nSPS) is 13.6. The predicted octanol–water partition coefficient (Wildman–Crippen LogP) is 2.72. The third-order valence-corrected chi connectivity index (χ3v) is 3.35. The second-order valence-corrected chi connectivity index (χ2v) is 5.55. The van der Waals surface area contributed by atoms with E-state index in [1.54, 1.807) is 31.2 Å². The van der Waals surface area contributed by atoms with E-state index in [9.17, 15) is 9.59 Å². The predicted molar refractivity (Wildman–Crippen MR) is 80.6 cm³/mol. The number of rotatable bonds is 7. The fourth-order valence-electron chi connectivity index (χ4n) is 1.73. The van der Waals surface area contributed by atoms with Gasteiger partial charge in [0.05, 0.1) is 11.4 Å². The second-order valence-electron chi connectivity index (χ2n) is 5.15. The van der Waals surface area contributed by atoms with Gasteiger partial charge in [0.2, 0.25) is 0 Å². The first-order valence-corrected chi connectivity index (χ1v) is 7.12. The summed E-state index contributed by atoms with van der Waals surface area (Å²) in [6.07, 6.45) is -0.887. The van der Waals surface area contributed by atoms with Crippen molar-refractivity contribution in [2.45, 2.75) is 39.3 Å². The molecule has 5 nitrogen and oxygen atoms in total. The van der Waals surface area contributed by atoms with E-state index < -0.39 is 18.1 Å². The molecule has 1 amide bonds. The van der Waals surface area contributed by atoms with Crippen LogP contribution in [0.15, 0.2) is 24.3 Å². The Morgan fingerprint density at radius 3 is 2.43 bits per heavy atom. The number of carbonyl (C=O) groups is 2. The summed E-state index contributed by atoms with van der Waals surface area (Å²) >= 11 is 5.96. The van der Waals surface area contributed by atoms with Gasteiger partial charge in [0.1, 0.15) is 5.75 Å². The van der Waals surface area contributed by atoms with Gasteiger partial charge in [-0.1, -0.05) is 37.6 Å². The van der Waals surface area contributed by atoms with E-state index in [-0.39, 0.29) is 18.2 Å². The van der Waals surface area contributed by atoms with Crippen molar-refractivity contribution < 1.29 is 19.4 Å². The summed E-state index contributed by atoms with van der Waals surface area (Å²) < 4.78 is 5.50. The van der Waals surface area contributed by atoms with Crippen LogP contribution in [-0.4, -0.2) is 29.1 Å². The van der Waals surface area contributed by atoms with E-state index in [4.69, 9.17) is 21.4 Å². The standard InChI is InChI=1S/C15H20ClNO4/c1-9(2)12(8-14(18)19)17-15(20)10(3)21-13-7-5-4-6-11(13)16/h4-7,9-10,12H,8H2,1-3H3,(H,17,20)(H,18,19). The minimum absolute atomic E-state index is 0.0116. The first-order valence-electron chi connectivity index (χ1n) is 6.74. The maximum atomic E-state index is 12.1. The smallest absolute Gasteiger partial charge is 0.305 e. The molecule has 1 aromatic rings. The highest BCUT2D eigenvalue weighted by molar-refractivity contribution is 6.32. The summed E-state index contributed by atoms with van der Waals surface area (Å²) in [6.45, 7) is 5.30. The minimum atomic E-state index is -0.950. The monoisotopic (exact) mass is 313 g/mol. The van der Waals surface area contributed by atoms with Crippen LogP contribution < -0.4 is 10.1 Å². The number of benzene rings is 1. The second kappa shape index (κ2) is 7.88. The molecule has 0 aromatic heterocycles. The lowest BCUT2D eigenvalue weighted by Crippen LogP contribution is -2.45. The molecule has 6 heteroatoms. The summed E-state index contributed by atoms with van der Waals surface area (Å²) in [7, 11) is 0. The van der Waals surface area contributed by atoms with Crippen molar-refractivity contribution in [2.24, 2.45) is 5.92 Å². The first-order chi connectivity index (χ1) is 9.81. The molecule has 0 aliphatic heterocycles. The molecular formula is C15H20ClNO4. The highest BCUT2D eigenvalue weighted by Gasteiger charge is 2.23. The van der Waals surface area contributed by atoms with Gasteiger partial charge in [-0.3, -0.25) is 9.59 Å². The summed E-state index contributed by atoms with van der Waals surface area (Å²) in [4.78, 5) is 22.9. The minimum Gasteiger partial charge on any atom is -0.481 e. The van der Waals surface area contributed by atoms with Gasteiger partial charge in [0, 0.05) is 6.04 Å². The van der Waals surface area contributed by atoms with Gasteiger partial charge < -0.3 is 15.2 Å². The van der Waals surface area contributed by atoms with Crippen molar-refractivity contribution in [2.75, 3.05) is 0 Å². The Bertz CT molecular complexity index is 504. The van der Waals surface area contributed by atoms with Gasteiger partial charge in [-0.15, -0.1) is 0 Å². The van der Waals surface area contributed by atoms with Crippen LogP contribution in [0, 0.1) is 5.92 Å². The van der Waals surface area contributed by atoms with Crippen molar-refractivity contribution in [1.29, 1.82) is 0 Å². The van der Waals surface area contributed by atoms with Gasteiger partial charge in [-0.25, -0.2) is 0 Å². The third-order valence-electron chi connectivity index (χ3n) is 3.04. The first kappa shape index (κ1) is 17.3. The van der Waals surface area contributed by atoms with Gasteiger partial charge in [0.25, 0.3) is 5.91 Å². The Balaban J connectivity index is 2.65. The molecule has 0 radical (unpaired) electrons. The molecule has 1 rings (SSSR count). The largest absolute Gasteiger partial charge is 0.481 e. The van der Waals surface area contributed by atoms with Crippen molar-refractivity contribution in [3.63, 3.8) is 0 Å². The Morgan fingerprint density at radius 1 is 1.29 bits per heavy atom. The van der Waals surface area contributed by atoms with E-state index in [0.717, 1.165) is 0 Å². The average Bonchev–Trinajstić information content (AvgIpc) is 2.39. The fraction of sp³-hybridized carbons (Fsp3) is 0.467. The SMILES string of the molecule is CC(Oc1ccccc1Cl)C(=O)NC(CC(=O)O)C(C)C. The lowest BCUT2D eigenvalue weighted by atomic mass is 10.0. The Kier molecular flexibility index (Phi) is 6.49. The van der Waals surface area contributed by atoms with Crippen molar-refractivity contribution in [3.05, 3.63) is 29.3 Å². The Labute approximate surface area is 129 Å². The molecule has 0 aliphatic rings. The number of carbonyl (C=O) groups excluding carboxylic acids is 1. The van der Waals surface area contributed by atoms with Crippen LogP contribution in [0.4, 0.5) is 0 Å². The quantitative estimate of drug-likeness (QED) is 0.811. The van der Waals surface area contributed by atoms with Crippen molar-refractivity contribution in [1.82, 2.24) is 5.32 Å². The van der Waals surface area contributed by atoms with E-state index in [1.165, 1.54) is 0 Å². The summed E-state index contributed by atoms with van der Waals surface area (Å²) in [5.74, 6) is -0.887. The van der Waals surface area contributed by atoms with Gasteiger partial charge >= 0.3 is 5.97 Å². The maximum absolute atomic E-state index is 12.1. The van der Waals surface area contributed by atoms with Crippen LogP contribution in [0.5, 0.6) is 5.75 Å². The van der Waals surface area contributed by atoms with E-state index in [1.807, 2.05) is 13.8 Å². The number of halogens is 1. The summed E-state index contributed by atoms with van der Waals surface area (Å²) in [6, 6.07) is 6.42. The van der Waals surface area contributed by atoms with E-state index in [2.05, 4.69) is 5.32 Å². The lowest BCUT2D eigenvalue weighted by Gasteiger charge is -2.23. The molecular weight excluding hydrogens is 294 g/mol. The number of ether oxygens (including phenoxy) is 1. The van der Waals surface area contributed by atoms with Gasteiger partial charge in [-0.2, -0.15) is 0 Å². The number of hydrogen-bond acceptors (Lipinski definition) is 3. The molecule has 0 fully saturated rings. The lowest BCUT2D eigenvalue weighted by molar-refractivity contribution is -0.138. The highest BCUT2D eigenvalue weighted by atomic mass is 35.5. The van der Waals surface area contributed by atoms with Crippen LogP contribution >= 0.6 is 11.6 Å². The maximum Gasteiger partial charge on any atom is 0.305 e. The summed E-state index contributed by atoms with van der Waals surface area (Å²) in [5, 5.41) is 12.0. The molecule has 0 bridgehead atoms. The fourth-order valence-corrected chi connectivity index (χ4v) is 1.91. The van der Waals surface area contributed by atoms with Crippen LogP contribution in [0.1, 0.15) is 27.2 Å². The van der Waals surface area contributed by atoms with E-state index in [0.29, 0.717) is 10.8 Å². The Morgan fingerprint density at radius 2 is 1.90 bits per heavy atom. The zero-order valence-electron chi connectivity index (χ0n) is 12.3. The molecule has 2 atom stereocenters. The zero-order valence-corrected chi connectivity index (χ0v) is 13.1. The molecule has 2 unspecified atom stereocenters. The molecule has 0 spiro atoms. The van der Waals surface area contributed by atoms with Gasteiger partial charge in [0.15, 0.2) is 6.10 Å². The van der Waals surface area contributed by atoms with Crippen LogP contribution in [0.2, 0.25) is 5.02 Å². The van der Waals surface area contributed by atoms with Crippen LogP contribution in [0.25, 0.3) is 0 Å². The molecule has 0 heterocycles. The number of carboxylic acids is 1. The molecule has 2 N–H and O–H groups in total. The van der Waals surface area contributed by atoms with Crippen molar-refractivity contribution in [3.8, 4) is 5.75 Å². The van der Waals surface area contributed by atoms with Crippen LogP contribution in [0.3, 0.4) is 0 Å². The average molecular weight is 314 g/mol. The zero-order chi connectivity index (χ0) is 16.0. The third kappa shape index (κ3) is 5.63.